The number of fused-ring (bicyclic) bond motifs is 1. The van der Waals surface area contributed by atoms with Gasteiger partial charge in [-0.3, -0.25) is 4.99 Å². The maximum Gasteiger partial charge on any atom is 0.336 e. The van der Waals surface area contributed by atoms with Crippen LogP contribution < -0.4 is 9.47 Å². The summed E-state index contributed by atoms with van der Waals surface area (Å²) in [7, 11) is 0. The molecule has 2 aliphatic rings. The zero-order valence-electron chi connectivity index (χ0n) is 10.7. The minimum absolute atomic E-state index is 0.233. The monoisotopic (exact) mass is 261 g/mol. The zero-order valence-corrected chi connectivity index (χ0v) is 10.7. The Morgan fingerprint density at radius 1 is 1.37 bits per heavy atom. The normalized spacial score (nSPS) is 19.0. The van der Waals surface area contributed by atoms with Crippen LogP contribution in [0.25, 0.3) is 0 Å². The Bertz CT molecular complexity index is 538. The van der Waals surface area contributed by atoms with Crippen molar-refractivity contribution < 1.29 is 19.0 Å². The van der Waals surface area contributed by atoms with Gasteiger partial charge in [-0.15, -0.1) is 0 Å². The van der Waals surface area contributed by atoms with Gasteiger partial charge in [-0.05, 0) is 37.5 Å². The number of rotatable bonds is 5. The Labute approximate surface area is 111 Å². The van der Waals surface area contributed by atoms with Gasteiger partial charge in [-0.2, -0.15) is 0 Å². The second kappa shape index (κ2) is 4.91. The van der Waals surface area contributed by atoms with Gasteiger partial charge in [0.1, 0.15) is 0 Å². The van der Waals surface area contributed by atoms with Crippen LogP contribution in [0.2, 0.25) is 0 Å². The van der Waals surface area contributed by atoms with Gasteiger partial charge >= 0.3 is 5.97 Å². The Balaban J connectivity index is 1.51. The third-order valence-corrected chi connectivity index (χ3v) is 3.16. The van der Waals surface area contributed by atoms with Gasteiger partial charge in [0, 0.05) is 0 Å². The lowest BCUT2D eigenvalue weighted by molar-refractivity contribution is -0.142. The second-order valence-electron chi connectivity index (χ2n) is 4.46. The lowest BCUT2D eigenvalue weighted by atomic mass is 10.1. The predicted octanol–water partition coefficient (Wildman–Crippen LogP) is 1.73. The van der Waals surface area contributed by atoms with E-state index in [0.29, 0.717) is 6.61 Å². The van der Waals surface area contributed by atoms with Crippen molar-refractivity contribution in [3.8, 4) is 11.5 Å². The smallest absolute Gasteiger partial charge is 0.336 e. The molecule has 1 aromatic carbocycles. The number of aliphatic imine (C=N–C) groups is 1. The molecule has 1 atom stereocenters. The van der Waals surface area contributed by atoms with E-state index in [9.17, 15) is 4.79 Å². The molecule has 0 amide bonds. The molecule has 0 spiro atoms. The van der Waals surface area contributed by atoms with Gasteiger partial charge in [0.2, 0.25) is 6.79 Å². The van der Waals surface area contributed by atoms with E-state index in [1.54, 1.807) is 6.92 Å². The van der Waals surface area contributed by atoms with Gasteiger partial charge in [-0.25, -0.2) is 4.79 Å². The number of esters is 1. The van der Waals surface area contributed by atoms with Crippen LogP contribution in [0.4, 0.5) is 0 Å². The van der Waals surface area contributed by atoms with E-state index in [2.05, 4.69) is 4.99 Å². The third-order valence-electron chi connectivity index (χ3n) is 3.16. The molecule has 2 aliphatic heterocycles. The van der Waals surface area contributed by atoms with Crippen molar-refractivity contribution in [3.05, 3.63) is 23.8 Å². The summed E-state index contributed by atoms with van der Waals surface area (Å²) in [6, 6.07) is 5.57. The number of carbonyl (C=O) groups is 1. The van der Waals surface area contributed by atoms with E-state index in [4.69, 9.17) is 14.2 Å². The molecule has 0 N–H and O–H groups in total. The maximum atomic E-state index is 11.4. The van der Waals surface area contributed by atoms with Crippen LogP contribution in [-0.4, -0.2) is 31.1 Å². The number of ether oxygens (including phenoxy) is 3. The number of hydrogen-bond acceptors (Lipinski definition) is 5. The number of hydrogen-bond donors (Lipinski definition) is 0. The molecule has 5 nitrogen and oxygen atoms in total. The first kappa shape index (κ1) is 12.0. The van der Waals surface area contributed by atoms with E-state index >= 15 is 0 Å². The Hall–Kier alpha value is -2.04. The predicted molar refractivity (Wildman–Crippen MR) is 68.7 cm³/mol. The Morgan fingerprint density at radius 3 is 3.05 bits per heavy atom. The molecule has 0 saturated carbocycles. The molecule has 0 aromatic heterocycles. The van der Waals surface area contributed by atoms with Crippen molar-refractivity contribution in [1.29, 1.82) is 0 Å². The summed E-state index contributed by atoms with van der Waals surface area (Å²) < 4.78 is 15.5. The Kier molecular flexibility index (Phi) is 3.11. The van der Waals surface area contributed by atoms with Crippen molar-refractivity contribution in [2.24, 2.45) is 4.99 Å². The summed E-state index contributed by atoms with van der Waals surface area (Å²) in [5, 5.41) is 0. The molecule has 3 rings (SSSR count). The van der Waals surface area contributed by atoms with Gasteiger partial charge in [0.25, 0.3) is 0 Å². The SMILES string of the molecule is CCOC(=O)C1N=C1CCc1ccc2c(c1)OCO2. The van der Waals surface area contributed by atoms with Crippen molar-refractivity contribution in [2.45, 2.75) is 25.8 Å². The lowest BCUT2D eigenvalue weighted by Gasteiger charge is -2.01. The molecule has 0 bridgehead atoms. The molecular weight excluding hydrogens is 246 g/mol. The van der Waals surface area contributed by atoms with Crippen molar-refractivity contribution in [2.75, 3.05) is 13.4 Å². The standard InChI is InChI=1S/C14H15NO4/c1-2-17-14(16)13-10(15-13)5-3-9-4-6-11-12(7-9)19-8-18-11/h4,6-7,13H,2-3,5,8H2,1H3. The summed E-state index contributed by atoms with van der Waals surface area (Å²) in [5.74, 6) is 1.34. The van der Waals surface area contributed by atoms with E-state index in [1.807, 2.05) is 18.2 Å². The van der Waals surface area contributed by atoms with Crippen LogP contribution in [0.5, 0.6) is 11.5 Å². The molecule has 0 fully saturated rings. The minimum atomic E-state index is -0.325. The minimum Gasteiger partial charge on any atom is -0.464 e. The fraction of sp³-hybridized carbons (Fsp3) is 0.429. The molecule has 100 valence electrons. The highest BCUT2D eigenvalue weighted by atomic mass is 16.7. The summed E-state index contributed by atoms with van der Waals surface area (Å²) >= 11 is 0. The highest BCUT2D eigenvalue weighted by Gasteiger charge is 2.35. The van der Waals surface area contributed by atoms with Crippen molar-refractivity contribution in [1.82, 2.24) is 0 Å². The fourth-order valence-corrected chi connectivity index (χ4v) is 2.11. The van der Waals surface area contributed by atoms with E-state index < -0.39 is 0 Å². The second-order valence-corrected chi connectivity index (χ2v) is 4.46. The summed E-state index contributed by atoms with van der Waals surface area (Å²) in [6.45, 7) is 2.49. The van der Waals surface area contributed by atoms with Gasteiger partial charge in [-0.1, -0.05) is 6.07 Å². The summed E-state index contributed by atoms with van der Waals surface area (Å²) in [6.07, 6.45) is 1.62. The maximum absolute atomic E-state index is 11.4. The molecule has 1 aromatic rings. The Morgan fingerprint density at radius 2 is 2.21 bits per heavy atom. The van der Waals surface area contributed by atoms with E-state index in [-0.39, 0.29) is 18.8 Å². The molecular formula is C14H15NO4. The van der Waals surface area contributed by atoms with E-state index in [1.165, 1.54) is 0 Å². The number of aryl methyl sites for hydroxylation is 1. The van der Waals surface area contributed by atoms with Crippen LogP contribution in [0.15, 0.2) is 23.2 Å². The fourth-order valence-electron chi connectivity index (χ4n) is 2.11. The molecule has 5 heteroatoms. The van der Waals surface area contributed by atoms with Crippen LogP contribution in [-0.2, 0) is 16.0 Å². The highest BCUT2D eigenvalue weighted by molar-refractivity contribution is 6.16. The molecule has 1 unspecified atom stereocenters. The third kappa shape index (κ3) is 2.54. The molecule has 0 aliphatic carbocycles. The first-order valence-electron chi connectivity index (χ1n) is 6.39. The topological polar surface area (TPSA) is 57.1 Å². The quantitative estimate of drug-likeness (QED) is 0.757. The molecule has 2 heterocycles. The van der Waals surface area contributed by atoms with Crippen LogP contribution in [0, 0.1) is 0 Å². The van der Waals surface area contributed by atoms with E-state index in [0.717, 1.165) is 35.6 Å². The summed E-state index contributed by atoms with van der Waals surface area (Å²) in [5.41, 5.74) is 2.08. The number of benzene rings is 1. The van der Waals surface area contributed by atoms with Gasteiger partial charge < -0.3 is 14.2 Å². The average Bonchev–Trinajstić information content (AvgIpc) is 3.05. The first-order valence-corrected chi connectivity index (χ1v) is 6.39. The number of carbonyl (C=O) groups excluding carboxylic acids is 1. The van der Waals surface area contributed by atoms with Gasteiger partial charge in [0.05, 0.1) is 12.3 Å². The van der Waals surface area contributed by atoms with Crippen LogP contribution >= 0.6 is 0 Å². The summed E-state index contributed by atoms with van der Waals surface area (Å²) in [4.78, 5) is 15.6. The molecule has 0 saturated heterocycles. The van der Waals surface area contributed by atoms with Gasteiger partial charge in [0.15, 0.2) is 17.5 Å². The molecule has 0 radical (unpaired) electrons. The van der Waals surface area contributed by atoms with Crippen molar-refractivity contribution in [3.63, 3.8) is 0 Å². The number of nitrogens with zero attached hydrogens (tertiary/aromatic N) is 1. The van der Waals surface area contributed by atoms with Crippen LogP contribution in [0.3, 0.4) is 0 Å². The van der Waals surface area contributed by atoms with Crippen molar-refractivity contribution >= 4 is 11.7 Å². The lowest BCUT2D eigenvalue weighted by Crippen LogP contribution is -2.16. The van der Waals surface area contributed by atoms with Crippen LogP contribution in [0.1, 0.15) is 18.9 Å². The average molecular weight is 261 g/mol. The first-order chi connectivity index (χ1) is 9.28. The largest absolute Gasteiger partial charge is 0.464 e. The highest BCUT2D eigenvalue weighted by Crippen LogP contribution is 2.33. The zero-order chi connectivity index (χ0) is 13.2. The molecule has 19 heavy (non-hydrogen) atoms.